The van der Waals surface area contributed by atoms with E-state index in [0.29, 0.717) is 16.8 Å². The summed E-state index contributed by atoms with van der Waals surface area (Å²) in [6.07, 6.45) is 0.773. The molecule has 2 aromatic rings. The third kappa shape index (κ3) is 3.67. The molecule has 0 saturated carbocycles. The van der Waals surface area contributed by atoms with Crippen LogP contribution < -0.4 is 5.56 Å². The van der Waals surface area contributed by atoms with Gasteiger partial charge in [0.25, 0.3) is 5.56 Å². The molecule has 0 spiro atoms. The van der Waals surface area contributed by atoms with E-state index in [4.69, 9.17) is 11.6 Å². The summed E-state index contributed by atoms with van der Waals surface area (Å²) >= 11 is 9.44. The Morgan fingerprint density at radius 2 is 2.11 bits per heavy atom. The Morgan fingerprint density at radius 1 is 1.37 bits per heavy atom. The predicted molar refractivity (Wildman–Crippen MR) is 81.5 cm³/mol. The van der Waals surface area contributed by atoms with Crippen molar-refractivity contribution < 1.29 is 0 Å². The maximum atomic E-state index is 11.7. The number of H-pyrrole nitrogens is 1. The highest BCUT2D eigenvalue weighted by Gasteiger charge is 2.09. The minimum atomic E-state index is -0.146. The summed E-state index contributed by atoms with van der Waals surface area (Å²) in [5.41, 5.74) is 1.43. The van der Waals surface area contributed by atoms with Crippen molar-refractivity contribution in [2.75, 3.05) is 0 Å². The molecule has 0 aliphatic rings. The number of rotatable bonds is 3. The molecule has 0 atom stereocenters. The van der Waals surface area contributed by atoms with E-state index in [-0.39, 0.29) is 5.56 Å². The summed E-state index contributed by atoms with van der Waals surface area (Å²) in [6.45, 7) is 4.19. The standard InChI is InChI=1S/C14H14BrClN2O/c1-8(2)5-10-7-13(19)18-14(17-10)11-6-9(16)3-4-12(11)15/h3-4,6-8H,5H2,1-2H3,(H,17,18,19). The summed E-state index contributed by atoms with van der Waals surface area (Å²) in [6, 6.07) is 6.95. The van der Waals surface area contributed by atoms with Crippen LogP contribution in [0.5, 0.6) is 0 Å². The SMILES string of the molecule is CC(C)Cc1cc(=O)[nH]c(-c2cc(Cl)ccc2Br)n1. The second-order valence-electron chi connectivity index (χ2n) is 4.81. The maximum absolute atomic E-state index is 11.7. The number of nitrogens with zero attached hydrogens (tertiary/aromatic N) is 1. The number of halogens is 2. The van der Waals surface area contributed by atoms with Gasteiger partial charge in [-0.1, -0.05) is 41.4 Å². The highest BCUT2D eigenvalue weighted by Crippen LogP contribution is 2.28. The molecule has 0 saturated heterocycles. The zero-order chi connectivity index (χ0) is 14.0. The van der Waals surface area contributed by atoms with E-state index in [1.165, 1.54) is 0 Å². The minimum Gasteiger partial charge on any atom is -0.306 e. The molecule has 1 aromatic carbocycles. The van der Waals surface area contributed by atoms with Crippen LogP contribution in [0.2, 0.25) is 5.02 Å². The number of hydrogen-bond donors (Lipinski definition) is 1. The molecule has 2 rings (SSSR count). The van der Waals surface area contributed by atoms with Gasteiger partial charge in [-0.15, -0.1) is 0 Å². The van der Waals surface area contributed by atoms with Crippen LogP contribution in [-0.2, 0) is 6.42 Å². The molecule has 0 radical (unpaired) electrons. The molecular weight excluding hydrogens is 328 g/mol. The van der Waals surface area contributed by atoms with Gasteiger partial charge in [0.2, 0.25) is 0 Å². The lowest BCUT2D eigenvalue weighted by Gasteiger charge is -2.08. The van der Waals surface area contributed by atoms with Crippen molar-refractivity contribution in [3.63, 3.8) is 0 Å². The van der Waals surface area contributed by atoms with Crippen LogP contribution >= 0.6 is 27.5 Å². The van der Waals surface area contributed by atoms with E-state index in [1.807, 2.05) is 6.07 Å². The Labute approximate surface area is 125 Å². The molecule has 0 amide bonds. The van der Waals surface area contributed by atoms with Crippen LogP contribution in [0.1, 0.15) is 19.5 Å². The van der Waals surface area contributed by atoms with Crippen LogP contribution in [-0.4, -0.2) is 9.97 Å². The lowest BCUT2D eigenvalue weighted by molar-refractivity contribution is 0.634. The highest BCUT2D eigenvalue weighted by molar-refractivity contribution is 9.10. The van der Waals surface area contributed by atoms with E-state index >= 15 is 0 Å². The minimum absolute atomic E-state index is 0.146. The molecule has 1 aromatic heterocycles. The third-order valence-corrected chi connectivity index (χ3v) is 3.52. The largest absolute Gasteiger partial charge is 0.306 e. The molecule has 19 heavy (non-hydrogen) atoms. The molecule has 0 bridgehead atoms. The number of nitrogens with one attached hydrogen (secondary N) is 1. The van der Waals surface area contributed by atoms with Gasteiger partial charge in [-0.05, 0) is 30.5 Å². The number of aromatic nitrogens is 2. The van der Waals surface area contributed by atoms with Gasteiger partial charge in [-0.25, -0.2) is 4.98 Å². The van der Waals surface area contributed by atoms with E-state index < -0.39 is 0 Å². The van der Waals surface area contributed by atoms with E-state index in [9.17, 15) is 4.79 Å². The second-order valence-corrected chi connectivity index (χ2v) is 6.10. The fourth-order valence-electron chi connectivity index (χ4n) is 1.84. The van der Waals surface area contributed by atoms with Crippen LogP contribution in [0.3, 0.4) is 0 Å². The quantitative estimate of drug-likeness (QED) is 0.915. The average molecular weight is 342 g/mol. The first-order chi connectivity index (χ1) is 8.95. The van der Waals surface area contributed by atoms with Crippen molar-refractivity contribution in [1.29, 1.82) is 0 Å². The second kappa shape index (κ2) is 5.88. The van der Waals surface area contributed by atoms with Crippen LogP contribution in [0.25, 0.3) is 11.4 Å². The van der Waals surface area contributed by atoms with Crippen LogP contribution in [0.15, 0.2) is 33.5 Å². The van der Waals surface area contributed by atoms with Crippen LogP contribution in [0, 0.1) is 5.92 Å². The van der Waals surface area contributed by atoms with Gasteiger partial charge in [0, 0.05) is 26.8 Å². The number of aromatic amines is 1. The Morgan fingerprint density at radius 3 is 2.79 bits per heavy atom. The smallest absolute Gasteiger partial charge is 0.251 e. The van der Waals surface area contributed by atoms with Crippen molar-refractivity contribution in [2.45, 2.75) is 20.3 Å². The Balaban J connectivity index is 2.53. The molecule has 1 heterocycles. The molecule has 5 heteroatoms. The van der Waals surface area contributed by atoms with Crippen molar-refractivity contribution in [1.82, 2.24) is 9.97 Å². The zero-order valence-corrected chi connectivity index (χ0v) is 13.0. The van der Waals surface area contributed by atoms with Crippen molar-refractivity contribution in [2.24, 2.45) is 5.92 Å². The monoisotopic (exact) mass is 340 g/mol. The van der Waals surface area contributed by atoms with Crippen molar-refractivity contribution >= 4 is 27.5 Å². The summed E-state index contributed by atoms with van der Waals surface area (Å²) in [7, 11) is 0. The molecule has 0 aliphatic carbocycles. The molecular formula is C14H14BrClN2O. The van der Waals surface area contributed by atoms with Gasteiger partial charge in [0.15, 0.2) is 0 Å². The third-order valence-electron chi connectivity index (χ3n) is 2.60. The van der Waals surface area contributed by atoms with Crippen molar-refractivity contribution in [3.05, 3.63) is 49.8 Å². The Kier molecular flexibility index (Phi) is 4.42. The Hall–Kier alpha value is -1.13. The van der Waals surface area contributed by atoms with Crippen molar-refractivity contribution in [3.8, 4) is 11.4 Å². The summed E-state index contributed by atoms with van der Waals surface area (Å²) in [5.74, 6) is 0.988. The van der Waals surface area contributed by atoms with E-state index in [1.54, 1.807) is 18.2 Å². The number of hydrogen-bond acceptors (Lipinski definition) is 2. The first-order valence-corrected chi connectivity index (χ1v) is 7.18. The summed E-state index contributed by atoms with van der Waals surface area (Å²) in [4.78, 5) is 19.0. The average Bonchev–Trinajstić information content (AvgIpc) is 2.30. The fourth-order valence-corrected chi connectivity index (χ4v) is 2.44. The first kappa shape index (κ1) is 14.3. The predicted octanol–water partition coefficient (Wildman–Crippen LogP) is 4.05. The van der Waals surface area contributed by atoms with Gasteiger partial charge in [0.05, 0.1) is 0 Å². The van der Waals surface area contributed by atoms with E-state index in [0.717, 1.165) is 22.2 Å². The molecule has 3 nitrogen and oxygen atoms in total. The van der Waals surface area contributed by atoms with Gasteiger partial charge in [0.1, 0.15) is 5.82 Å². The van der Waals surface area contributed by atoms with Crippen LogP contribution in [0.4, 0.5) is 0 Å². The fraction of sp³-hybridized carbons (Fsp3) is 0.286. The Bertz CT molecular complexity index is 652. The topological polar surface area (TPSA) is 45.8 Å². The zero-order valence-electron chi connectivity index (χ0n) is 10.7. The lowest BCUT2D eigenvalue weighted by Crippen LogP contribution is -2.12. The molecule has 0 fully saturated rings. The summed E-state index contributed by atoms with van der Waals surface area (Å²) < 4.78 is 0.849. The number of benzene rings is 1. The molecule has 0 unspecified atom stereocenters. The first-order valence-electron chi connectivity index (χ1n) is 6.01. The molecule has 100 valence electrons. The van der Waals surface area contributed by atoms with E-state index in [2.05, 4.69) is 39.7 Å². The normalized spacial score (nSPS) is 11.0. The summed E-state index contributed by atoms with van der Waals surface area (Å²) in [5, 5.41) is 0.607. The maximum Gasteiger partial charge on any atom is 0.251 e. The van der Waals surface area contributed by atoms with Gasteiger partial charge >= 0.3 is 0 Å². The molecule has 0 aliphatic heterocycles. The molecule has 1 N–H and O–H groups in total. The van der Waals surface area contributed by atoms with Gasteiger partial charge in [-0.3, -0.25) is 4.79 Å². The highest BCUT2D eigenvalue weighted by atomic mass is 79.9. The van der Waals surface area contributed by atoms with Gasteiger partial charge in [-0.2, -0.15) is 0 Å². The lowest BCUT2D eigenvalue weighted by atomic mass is 10.1. The van der Waals surface area contributed by atoms with Gasteiger partial charge < -0.3 is 4.98 Å².